The van der Waals surface area contributed by atoms with Gasteiger partial charge in [-0.25, -0.2) is 13.5 Å². The summed E-state index contributed by atoms with van der Waals surface area (Å²) in [6.07, 6.45) is 12.5. The first-order valence-electron chi connectivity index (χ1n) is 12.0. The third-order valence-corrected chi connectivity index (χ3v) is 7.87. The third-order valence-electron chi connectivity index (χ3n) is 6.10. The van der Waals surface area contributed by atoms with Crippen molar-refractivity contribution in [3.05, 3.63) is 46.7 Å². The molecule has 1 aromatic carbocycles. The molecule has 7 heteroatoms. The summed E-state index contributed by atoms with van der Waals surface area (Å²) in [6, 6.07) is 7.32. The Balaban J connectivity index is 1.50. The van der Waals surface area contributed by atoms with E-state index < -0.39 is 11.6 Å². The highest BCUT2D eigenvalue weighted by molar-refractivity contribution is 7.14. The van der Waals surface area contributed by atoms with E-state index in [0.717, 1.165) is 12.8 Å². The Morgan fingerprint density at radius 2 is 1.30 bits per heavy atom. The van der Waals surface area contributed by atoms with Crippen molar-refractivity contribution in [2.45, 2.75) is 77.7 Å². The van der Waals surface area contributed by atoms with E-state index in [1.807, 2.05) is 29.0 Å². The lowest BCUT2D eigenvalue weighted by molar-refractivity contribution is 0.509. The average Bonchev–Trinajstić information content (AvgIpc) is 3.59. The Bertz CT molecular complexity index is 1130. The van der Waals surface area contributed by atoms with Crippen molar-refractivity contribution >= 4 is 33.7 Å². The fourth-order valence-corrected chi connectivity index (χ4v) is 5.88. The van der Waals surface area contributed by atoms with E-state index in [2.05, 4.69) is 17.2 Å². The first kappa shape index (κ1) is 24.0. The van der Waals surface area contributed by atoms with Gasteiger partial charge in [-0.1, -0.05) is 82.1 Å². The summed E-state index contributed by atoms with van der Waals surface area (Å²) in [4.78, 5) is 1.36. The molecule has 0 saturated carbocycles. The smallest absolute Gasteiger partial charge is 0.170 e. The van der Waals surface area contributed by atoms with Crippen molar-refractivity contribution < 1.29 is 8.78 Å². The maximum absolute atomic E-state index is 15.4. The Morgan fingerprint density at radius 3 is 1.88 bits per heavy atom. The minimum absolute atomic E-state index is 0.215. The van der Waals surface area contributed by atoms with Gasteiger partial charge in [-0.3, -0.25) is 0 Å². The van der Waals surface area contributed by atoms with Crippen molar-refractivity contribution in [1.82, 2.24) is 15.0 Å². The monoisotopic (exact) mass is 487 g/mol. The van der Waals surface area contributed by atoms with Gasteiger partial charge in [0, 0.05) is 16.3 Å². The first-order valence-corrected chi connectivity index (χ1v) is 13.8. The molecular weight excluding hydrogens is 456 g/mol. The molecule has 33 heavy (non-hydrogen) atoms. The fourth-order valence-electron chi connectivity index (χ4n) is 4.35. The largest absolute Gasteiger partial charge is 0.244 e. The SMILES string of the molecule is CCCCCCCCCCCCn1nnc2c(-c3cccs3)c(F)c(F)c(-c3cccs3)c21. The summed E-state index contributed by atoms with van der Waals surface area (Å²) < 4.78 is 32.4. The van der Waals surface area contributed by atoms with Crippen LogP contribution in [0.1, 0.15) is 71.1 Å². The molecule has 0 amide bonds. The third kappa shape index (κ3) is 5.52. The Labute approximate surface area is 202 Å². The molecular formula is C26H31F2N3S2. The quantitative estimate of drug-likeness (QED) is 0.176. The lowest BCUT2D eigenvalue weighted by atomic mass is 10.0. The van der Waals surface area contributed by atoms with Crippen molar-refractivity contribution in [3.63, 3.8) is 0 Å². The molecule has 3 nitrogen and oxygen atoms in total. The van der Waals surface area contributed by atoms with Crippen LogP contribution in [0.15, 0.2) is 35.0 Å². The molecule has 0 radical (unpaired) electrons. The number of unbranched alkanes of at least 4 members (excludes halogenated alkanes) is 9. The van der Waals surface area contributed by atoms with Crippen molar-refractivity contribution in [2.24, 2.45) is 0 Å². The summed E-state index contributed by atoms with van der Waals surface area (Å²) in [6.45, 7) is 2.90. The van der Waals surface area contributed by atoms with E-state index in [0.29, 0.717) is 27.3 Å². The first-order chi connectivity index (χ1) is 16.2. The second-order valence-corrected chi connectivity index (χ2v) is 10.4. The van der Waals surface area contributed by atoms with Gasteiger partial charge in [0.2, 0.25) is 0 Å². The van der Waals surface area contributed by atoms with E-state index in [1.165, 1.54) is 74.0 Å². The van der Waals surface area contributed by atoms with Crippen molar-refractivity contribution in [3.8, 4) is 20.9 Å². The normalized spacial score (nSPS) is 11.6. The number of hydrogen-bond donors (Lipinski definition) is 0. The van der Waals surface area contributed by atoms with Crippen molar-refractivity contribution in [2.75, 3.05) is 0 Å². The van der Waals surface area contributed by atoms with Crippen LogP contribution in [-0.4, -0.2) is 15.0 Å². The molecule has 0 N–H and O–H groups in total. The molecule has 3 heterocycles. The average molecular weight is 488 g/mol. The van der Waals surface area contributed by atoms with Crippen LogP contribution in [0.5, 0.6) is 0 Å². The molecule has 0 aliphatic heterocycles. The van der Waals surface area contributed by atoms with Crippen LogP contribution < -0.4 is 0 Å². The highest BCUT2D eigenvalue weighted by Crippen LogP contribution is 2.42. The van der Waals surface area contributed by atoms with Crippen molar-refractivity contribution in [1.29, 1.82) is 0 Å². The molecule has 4 aromatic rings. The molecule has 0 fully saturated rings. The summed E-state index contributed by atoms with van der Waals surface area (Å²) in [5.41, 5.74) is 1.52. The van der Waals surface area contributed by atoms with Gasteiger partial charge in [-0.15, -0.1) is 27.8 Å². The minimum Gasteiger partial charge on any atom is -0.244 e. The molecule has 0 unspecified atom stereocenters. The molecule has 0 spiro atoms. The van der Waals surface area contributed by atoms with E-state index in [4.69, 9.17) is 0 Å². The molecule has 0 atom stereocenters. The zero-order valence-corrected chi connectivity index (χ0v) is 20.8. The van der Waals surface area contributed by atoms with E-state index in [-0.39, 0.29) is 11.1 Å². The lowest BCUT2D eigenvalue weighted by Crippen LogP contribution is -2.03. The van der Waals surface area contributed by atoms with E-state index in [9.17, 15) is 0 Å². The number of thiophene rings is 2. The highest BCUT2D eigenvalue weighted by Gasteiger charge is 2.27. The van der Waals surface area contributed by atoms with Crippen LogP contribution in [-0.2, 0) is 6.54 Å². The molecule has 0 aliphatic rings. The molecule has 176 valence electrons. The van der Waals surface area contributed by atoms with Gasteiger partial charge >= 0.3 is 0 Å². The zero-order chi connectivity index (χ0) is 23.0. The minimum atomic E-state index is -0.848. The van der Waals surface area contributed by atoms with Crippen LogP contribution in [0.2, 0.25) is 0 Å². The summed E-state index contributed by atoms with van der Waals surface area (Å²) >= 11 is 2.78. The standard InChI is InChI=1S/C26H31F2N3S2/c1-2-3-4-5-6-7-8-9-10-11-16-31-26-22(20-15-13-18-33-20)24(28)23(27)21(25(26)29-30-31)19-14-12-17-32-19/h12-15,17-18H,2-11,16H2,1H3. The van der Waals surface area contributed by atoms with E-state index in [1.54, 1.807) is 10.7 Å². The molecule has 4 rings (SSSR count). The Kier molecular flexibility index (Phi) is 8.62. The van der Waals surface area contributed by atoms with Gasteiger partial charge < -0.3 is 0 Å². The van der Waals surface area contributed by atoms with Crippen LogP contribution in [0, 0.1) is 11.6 Å². The number of aryl methyl sites for hydroxylation is 1. The predicted octanol–water partition coefficient (Wildman–Crippen LogP) is 9.09. The number of benzene rings is 1. The summed E-state index contributed by atoms with van der Waals surface area (Å²) in [5, 5.41) is 12.4. The van der Waals surface area contributed by atoms with Crippen LogP contribution in [0.3, 0.4) is 0 Å². The fraction of sp³-hybridized carbons (Fsp3) is 0.462. The second-order valence-electron chi connectivity index (χ2n) is 8.52. The van der Waals surface area contributed by atoms with Gasteiger partial charge in [0.05, 0.1) is 11.1 Å². The molecule has 0 bridgehead atoms. The van der Waals surface area contributed by atoms with Gasteiger partial charge in [-0.05, 0) is 29.3 Å². The summed E-state index contributed by atoms with van der Waals surface area (Å²) in [5.74, 6) is -1.67. The number of nitrogens with zero attached hydrogens (tertiary/aromatic N) is 3. The topological polar surface area (TPSA) is 30.7 Å². The number of aromatic nitrogens is 3. The molecule has 0 aliphatic carbocycles. The van der Waals surface area contributed by atoms with Gasteiger partial charge in [-0.2, -0.15) is 0 Å². The maximum atomic E-state index is 15.4. The van der Waals surface area contributed by atoms with Crippen LogP contribution >= 0.6 is 22.7 Å². The zero-order valence-electron chi connectivity index (χ0n) is 19.2. The van der Waals surface area contributed by atoms with Crippen LogP contribution in [0.4, 0.5) is 8.78 Å². The van der Waals surface area contributed by atoms with E-state index >= 15 is 8.78 Å². The predicted molar refractivity (Wildman–Crippen MR) is 136 cm³/mol. The number of fused-ring (bicyclic) bond motifs is 1. The molecule has 3 aromatic heterocycles. The number of rotatable bonds is 13. The number of hydrogen-bond acceptors (Lipinski definition) is 4. The maximum Gasteiger partial charge on any atom is 0.170 e. The lowest BCUT2D eigenvalue weighted by Gasteiger charge is -2.11. The van der Waals surface area contributed by atoms with Gasteiger partial charge in [0.1, 0.15) is 11.0 Å². The molecule has 0 saturated heterocycles. The highest BCUT2D eigenvalue weighted by atomic mass is 32.1. The Hall–Kier alpha value is -2.12. The van der Waals surface area contributed by atoms with Gasteiger partial charge in [0.25, 0.3) is 0 Å². The second kappa shape index (κ2) is 11.8. The van der Waals surface area contributed by atoms with Crippen LogP contribution in [0.25, 0.3) is 31.9 Å². The number of halogens is 2. The Morgan fingerprint density at radius 1 is 0.758 bits per heavy atom. The van der Waals surface area contributed by atoms with Gasteiger partial charge in [0.15, 0.2) is 11.6 Å². The summed E-state index contributed by atoms with van der Waals surface area (Å²) in [7, 11) is 0.